The maximum absolute atomic E-state index is 5.38. The van der Waals surface area contributed by atoms with E-state index in [1.54, 1.807) is 7.11 Å². The first-order valence-electron chi connectivity index (χ1n) is 7.18. The van der Waals surface area contributed by atoms with Crippen molar-refractivity contribution in [3.05, 3.63) is 54.1 Å². The quantitative estimate of drug-likeness (QED) is 0.649. The van der Waals surface area contributed by atoms with Crippen molar-refractivity contribution in [2.45, 2.75) is 13.8 Å². The van der Waals surface area contributed by atoms with E-state index in [1.165, 1.54) is 5.56 Å². The van der Waals surface area contributed by atoms with Crippen LogP contribution in [-0.4, -0.2) is 18.8 Å². The zero-order chi connectivity index (χ0) is 15.9. The van der Waals surface area contributed by atoms with Gasteiger partial charge in [-0.25, -0.2) is 0 Å². The molecule has 0 bridgehead atoms. The van der Waals surface area contributed by atoms with Gasteiger partial charge >= 0.3 is 0 Å². The number of rotatable bonds is 5. The fourth-order valence-electron chi connectivity index (χ4n) is 2.03. The summed E-state index contributed by atoms with van der Waals surface area (Å²) in [5, 5.41) is 5.69. The number of hydrogen-bond donors (Lipinski definition) is 2. The number of nitrogens with one attached hydrogen (secondary N) is 2. The minimum Gasteiger partial charge on any atom is -0.497 e. The fraction of sp³-hybridized carbons (Fsp3) is 0.235. The molecule has 0 aliphatic rings. The number of ether oxygens (including phenoxy) is 1. The number of hydrogen-bond acceptors (Lipinski definition) is 3. The second-order valence-corrected chi connectivity index (χ2v) is 5.29. The Morgan fingerprint density at radius 3 is 2.55 bits per heavy atom. The maximum atomic E-state index is 5.38. The molecule has 2 aromatic carbocycles. The summed E-state index contributed by atoms with van der Waals surface area (Å²) in [5.74, 6) is 0.790. The third-order valence-corrected chi connectivity index (χ3v) is 3.42. The molecule has 2 N–H and O–H groups in total. The molecule has 0 amide bonds. The smallest absolute Gasteiger partial charge is 0.189 e. The predicted molar refractivity (Wildman–Crippen MR) is 96.5 cm³/mol. The molecule has 0 fully saturated rings. The van der Waals surface area contributed by atoms with Crippen LogP contribution in [0, 0.1) is 6.92 Å². The van der Waals surface area contributed by atoms with E-state index in [0.29, 0.717) is 5.11 Å². The molecule has 0 saturated heterocycles. The van der Waals surface area contributed by atoms with E-state index in [0.717, 1.165) is 23.7 Å². The van der Waals surface area contributed by atoms with Crippen LogP contribution in [-0.2, 0) is 0 Å². The maximum Gasteiger partial charge on any atom is 0.189 e. The molecule has 116 valence electrons. The van der Waals surface area contributed by atoms with Gasteiger partial charge in [-0.15, -0.1) is 0 Å². The summed E-state index contributed by atoms with van der Waals surface area (Å²) in [6.07, 6.45) is 0. The zero-order valence-corrected chi connectivity index (χ0v) is 13.9. The number of aryl methyl sites for hydroxylation is 1. The highest BCUT2D eigenvalue weighted by molar-refractivity contribution is 7.80. The van der Waals surface area contributed by atoms with Gasteiger partial charge in [-0.3, -0.25) is 10.4 Å². The van der Waals surface area contributed by atoms with Crippen LogP contribution in [0.15, 0.2) is 48.5 Å². The Labute approximate surface area is 137 Å². The number of thiocarbonyl (C=S) groups is 1. The molecule has 0 aliphatic heterocycles. The Morgan fingerprint density at radius 2 is 1.91 bits per heavy atom. The lowest BCUT2D eigenvalue weighted by Gasteiger charge is -2.25. The monoisotopic (exact) mass is 315 g/mol. The largest absolute Gasteiger partial charge is 0.497 e. The molecule has 4 nitrogen and oxygen atoms in total. The lowest BCUT2D eigenvalue weighted by molar-refractivity contribution is 0.415. The third-order valence-electron chi connectivity index (χ3n) is 3.23. The van der Waals surface area contributed by atoms with Gasteiger partial charge in [0.15, 0.2) is 5.11 Å². The first-order chi connectivity index (χ1) is 10.6. The van der Waals surface area contributed by atoms with Gasteiger partial charge in [0.25, 0.3) is 0 Å². The molecule has 0 saturated carbocycles. The molecule has 0 radical (unpaired) electrons. The van der Waals surface area contributed by atoms with Gasteiger partial charge in [0.2, 0.25) is 0 Å². The normalized spacial score (nSPS) is 9.95. The summed E-state index contributed by atoms with van der Waals surface area (Å²) in [6.45, 7) is 4.94. The SMILES string of the molecule is CCN(NC(=S)Nc1cccc(OC)c1)c1ccc(C)cc1. The van der Waals surface area contributed by atoms with Gasteiger partial charge < -0.3 is 10.1 Å². The van der Waals surface area contributed by atoms with Crippen LogP contribution in [0.4, 0.5) is 11.4 Å². The summed E-state index contributed by atoms with van der Waals surface area (Å²) in [4.78, 5) is 0. The van der Waals surface area contributed by atoms with Crippen molar-refractivity contribution in [3.8, 4) is 5.75 Å². The van der Waals surface area contributed by atoms with Crippen LogP contribution < -0.4 is 20.5 Å². The van der Waals surface area contributed by atoms with E-state index in [2.05, 4.69) is 48.9 Å². The minimum atomic E-state index is 0.538. The molecular formula is C17H21N3OS. The summed E-state index contributed by atoms with van der Waals surface area (Å²) in [7, 11) is 1.64. The molecule has 2 rings (SSSR count). The van der Waals surface area contributed by atoms with Crippen LogP contribution in [0.5, 0.6) is 5.75 Å². The van der Waals surface area contributed by atoms with Gasteiger partial charge in [0.1, 0.15) is 5.75 Å². The lowest BCUT2D eigenvalue weighted by Crippen LogP contribution is -2.44. The fourth-order valence-corrected chi connectivity index (χ4v) is 2.26. The van der Waals surface area contributed by atoms with E-state index in [9.17, 15) is 0 Å². The molecule has 0 unspecified atom stereocenters. The molecule has 0 aliphatic carbocycles. The zero-order valence-electron chi connectivity index (χ0n) is 13.1. The van der Waals surface area contributed by atoms with Crippen LogP contribution in [0.1, 0.15) is 12.5 Å². The van der Waals surface area contributed by atoms with Crippen molar-refractivity contribution in [2.75, 3.05) is 24.0 Å². The first kappa shape index (κ1) is 16.1. The first-order valence-corrected chi connectivity index (χ1v) is 7.59. The predicted octanol–water partition coefficient (Wildman–Crippen LogP) is 3.73. The Morgan fingerprint density at radius 1 is 1.18 bits per heavy atom. The van der Waals surface area contributed by atoms with Crippen LogP contribution >= 0.6 is 12.2 Å². The molecule has 5 heteroatoms. The number of hydrazine groups is 1. The Kier molecular flexibility index (Phi) is 5.61. The van der Waals surface area contributed by atoms with Crippen molar-refractivity contribution in [2.24, 2.45) is 0 Å². The highest BCUT2D eigenvalue weighted by atomic mass is 32.1. The Hall–Kier alpha value is -2.27. The second-order valence-electron chi connectivity index (χ2n) is 4.88. The van der Waals surface area contributed by atoms with Gasteiger partial charge in [-0.05, 0) is 50.3 Å². The van der Waals surface area contributed by atoms with E-state index >= 15 is 0 Å². The Bertz CT molecular complexity index is 628. The Balaban J connectivity index is 2.01. The van der Waals surface area contributed by atoms with E-state index in [4.69, 9.17) is 17.0 Å². The van der Waals surface area contributed by atoms with Crippen molar-refractivity contribution >= 4 is 28.7 Å². The summed E-state index contributed by atoms with van der Waals surface area (Å²) < 4.78 is 5.21. The van der Waals surface area contributed by atoms with Crippen molar-refractivity contribution in [3.63, 3.8) is 0 Å². The number of anilines is 2. The topological polar surface area (TPSA) is 36.5 Å². The standard InChI is InChI=1S/C17H21N3OS/c1-4-20(15-10-8-13(2)9-11-15)19-17(22)18-14-6-5-7-16(12-14)21-3/h5-12H,4H2,1-3H3,(H2,18,19,22). The summed E-state index contributed by atoms with van der Waals surface area (Å²) in [5.41, 5.74) is 6.39. The average molecular weight is 315 g/mol. The molecule has 0 heterocycles. The number of benzene rings is 2. The molecule has 2 aromatic rings. The lowest BCUT2D eigenvalue weighted by atomic mass is 10.2. The van der Waals surface area contributed by atoms with Crippen LogP contribution in [0.25, 0.3) is 0 Å². The van der Waals surface area contributed by atoms with Gasteiger partial charge in [0.05, 0.1) is 12.8 Å². The number of methoxy groups -OCH3 is 1. The van der Waals surface area contributed by atoms with E-state index < -0.39 is 0 Å². The average Bonchev–Trinajstić information content (AvgIpc) is 2.53. The molecular weight excluding hydrogens is 294 g/mol. The molecule has 22 heavy (non-hydrogen) atoms. The van der Waals surface area contributed by atoms with Gasteiger partial charge in [0, 0.05) is 18.3 Å². The number of nitrogens with zero attached hydrogens (tertiary/aromatic N) is 1. The van der Waals surface area contributed by atoms with Gasteiger partial charge in [-0.2, -0.15) is 0 Å². The third kappa shape index (κ3) is 4.36. The highest BCUT2D eigenvalue weighted by Gasteiger charge is 2.06. The van der Waals surface area contributed by atoms with E-state index in [1.807, 2.05) is 29.3 Å². The van der Waals surface area contributed by atoms with Gasteiger partial charge in [-0.1, -0.05) is 23.8 Å². The highest BCUT2D eigenvalue weighted by Crippen LogP contribution is 2.17. The summed E-state index contributed by atoms with van der Waals surface area (Å²) in [6, 6.07) is 16.0. The molecule has 0 aromatic heterocycles. The van der Waals surface area contributed by atoms with E-state index in [-0.39, 0.29) is 0 Å². The minimum absolute atomic E-state index is 0.538. The van der Waals surface area contributed by atoms with Crippen LogP contribution in [0.3, 0.4) is 0 Å². The molecule has 0 atom stereocenters. The van der Waals surface area contributed by atoms with Crippen LogP contribution in [0.2, 0.25) is 0 Å². The van der Waals surface area contributed by atoms with Crippen molar-refractivity contribution < 1.29 is 4.74 Å². The molecule has 0 spiro atoms. The second kappa shape index (κ2) is 7.66. The van der Waals surface area contributed by atoms with Crippen molar-refractivity contribution in [1.82, 2.24) is 5.43 Å². The summed E-state index contributed by atoms with van der Waals surface area (Å²) >= 11 is 5.38. The van der Waals surface area contributed by atoms with Crippen molar-refractivity contribution in [1.29, 1.82) is 0 Å².